The van der Waals surface area contributed by atoms with E-state index >= 15 is 0 Å². The molecule has 0 aliphatic heterocycles. The van der Waals surface area contributed by atoms with Crippen molar-refractivity contribution in [2.24, 2.45) is 0 Å². The zero-order valence-corrected chi connectivity index (χ0v) is 17.2. The summed E-state index contributed by atoms with van der Waals surface area (Å²) in [7, 11) is -3.67. The fraction of sp³-hybridized carbons (Fsp3) is 0.750. The molecule has 0 radical (unpaired) electrons. The number of aryl methyl sites for hydroxylation is 2. The Bertz CT molecular complexity index is 521. The summed E-state index contributed by atoms with van der Waals surface area (Å²) in [5.74, 6) is 0. The molecular formula is C20H38NO3S+. The smallest absolute Gasteiger partial charge is 0.261 e. The topological polar surface area (TPSA) is 58.2 Å². The van der Waals surface area contributed by atoms with E-state index in [1.807, 2.05) is 0 Å². The van der Waals surface area contributed by atoms with Crippen molar-refractivity contribution in [1.82, 2.24) is 0 Å². The fourth-order valence-electron chi connectivity index (χ4n) is 2.76. The Morgan fingerprint density at radius 3 is 1.96 bits per heavy atom. The molecule has 1 aromatic rings. The summed E-state index contributed by atoms with van der Waals surface area (Å²) < 4.78 is 28.2. The molecule has 0 atom stereocenters. The molecule has 0 unspecified atom stereocenters. The van der Waals surface area contributed by atoms with Gasteiger partial charge in [0.1, 0.15) is 6.54 Å². The van der Waals surface area contributed by atoms with Crippen LogP contribution in [0.4, 0.5) is 0 Å². The van der Waals surface area contributed by atoms with Crippen LogP contribution in [-0.4, -0.2) is 19.2 Å². The van der Waals surface area contributed by atoms with Crippen LogP contribution in [0.5, 0.6) is 0 Å². The van der Waals surface area contributed by atoms with E-state index in [1.165, 1.54) is 82.7 Å². The van der Waals surface area contributed by atoms with Gasteiger partial charge in [0.25, 0.3) is 10.1 Å². The predicted octanol–water partition coefficient (Wildman–Crippen LogP) is 4.96. The average molecular weight is 373 g/mol. The van der Waals surface area contributed by atoms with E-state index in [0.29, 0.717) is 6.26 Å². The first kappa shape index (κ1) is 24.1. The molecule has 0 fully saturated rings. The second kappa shape index (κ2) is 15.3. The van der Waals surface area contributed by atoms with Gasteiger partial charge < -0.3 is 0 Å². The maximum atomic E-state index is 9.19. The number of hydrogen-bond donors (Lipinski definition) is 1. The maximum Gasteiger partial charge on any atom is 0.261 e. The summed E-state index contributed by atoms with van der Waals surface area (Å²) in [5.41, 5.74) is 1.48. The van der Waals surface area contributed by atoms with Crippen LogP contribution in [-0.2, 0) is 23.1 Å². The standard InChI is InChI=1S/C19H34N.CH4O3S/c1-3-5-6-7-8-9-10-11-12-16-20-17-13-15-19(18-20)14-4-2;1-5(2,3)4/h13,15,17-18H,3-12,14,16H2,1-2H3;1H3,(H,2,3,4)/q+1;. The van der Waals surface area contributed by atoms with Crippen molar-refractivity contribution in [3.05, 3.63) is 30.1 Å². The van der Waals surface area contributed by atoms with Gasteiger partial charge in [-0.1, -0.05) is 65.2 Å². The molecule has 1 N–H and O–H groups in total. The number of pyridine rings is 1. The number of unbranched alkanes of at least 4 members (excludes halogenated alkanes) is 8. The lowest BCUT2D eigenvalue weighted by atomic mass is 10.1. The monoisotopic (exact) mass is 372 g/mol. The molecule has 4 nitrogen and oxygen atoms in total. The minimum atomic E-state index is -3.67. The zero-order chi connectivity index (χ0) is 19.0. The molecular weight excluding hydrogens is 334 g/mol. The summed E-state index contributed by atoms with van der Waals surface area (Å²) in [6.45, 7) is 5.72. The first-order valence-electron chi connectivity index (χ1n) is 9.77. The van der Waals surface area contributed by atoms with Crippen molar-refractivity contribution < 1.29 is 17.5 Å². The van der Waals surface area contributed by atoms with Gasteiger partial charge in [-0.2, -0.15) is 8.42 Å². The van der Waals surface area contributed by atoms with Crippen molar-refractivity contribution >= 4 is 10.1 Å². The molecule has 0 saturated heterocycles. The van der Waals surface area contributed by atoms with Crippen LogP contribution in [0.3, 0.4) is 0 Å². The van der Waals surface area contributed by atoms with E-state index in [9.17, 15) is 8.42 Å². The van der Waals surface area contributed by atoms with Crippen LogP contribution < -0.4 is 4.57 Å². The fourth-order valence-corrected chi connectivity index (χ4v) is 2.76. The average Bonchev–Trinajstić information content (AvgIpc) is 2.52. The maximum absolute atomic E-state index is 9.19. The highest BCUT2D eigenvalue weighted by molar-refractivity contribution is 7.85. The van der Waals surface area contributed by atoms with Gasteiger partial charge in [-0.25, -0.2) is 4.57 Å². The van der Waals surface area contributed by atoms with Crippen molar-refractivity contribution in [2.45, 2.75) is 91.0 Å². The van der Waals surface area contributed by atoms with Crippen LogP contribution in [0.25, 0.3) is 0 Å². The lowest BCUT2D eigenvalue weighted by molar-refractivity contribution is -0.697. The van der Waals surface area contributed by atoms with Crippen LogP contribution in [0.15, 0.2) is 24.5 Å². The molecule has 0 saturated carbocycles. The molecule has 1 heterocycles. The molecule has 146 valence electrons. The van der Waals surface area contributed by atoms with E-state index in [4.69, 9.17) is 4.55 Å². The van der Waals surface area contributed by atoms with Crippen molar-refractivity contribution in [3.63, 3.8) is 0 Å². The third-order valence-electron chi connectivity index (χ3n) is 3.98. The summed E-state index contributed by atoms with van der Waals surface area (Å²) in [5, 5.41) is 0. The molecule has 0 aromatic carbocycles. The molecule has 0 amide bonds. The first-order valence-corrected chi connectivity index (χ1v) is 11.6. The van der Waals surface area contributed by atoms with Gasteiger partial charge in [0.2, 0.25) is 0 Å². The third-order valence-corrected chi connectivity index (χ3v) is 3.98. The number of rotatable bonds is 12. The highest BCUT2D eigenvalue weighted by atomic mass is 32.2. The number of hydrogen-bond acceptors (Lipinski definition) is 2. The lowest BCUT2D eigenvalue weighted by Gasteiger charge is -2.02. The van der Waals surface area contributed by atoms with Crippen molar-refractivity contribution in [3.8, 4) is 0 Å². The highest BCUT2D eigenvalue weighted by Crippen LogP contribution is 2.09. The quantitative estimate of drug-likeness (QED) is 0.320. The van der Waals surface area contributed by atoms with Crippen LogP contribution in [0.2, 0.25) is 0 Å². The summed E-state index contributed by atoms with van der Waals surface area (Å²) >= 11 is 0. The highest BCUT2D eigenvalue weighted by Gasteiger charge is 2.02. The molecule has 1 rings (SSSR count). The minimum Gasteiger partial charge on any atom is -0.286 e. The second-order valence-corrected chi connectivity index (χ2v) is 8.23. The van der Waals surface area contributed by atoms with E-state index in [2.05, 4.69) is 42.9 Å². The van der Waals surface area contributed by atoms with E-state index in [0.717, 1.165) is 0 Å². The number of nitrogens with zero attached hydrogens (tertiary/aromatic N) is 1. The Morgan fingerprint density at radius 1 is 0.920 bits per heavy atom. The van der Waals surface area contributed by atoms with Gasteiger partial charge in [0.15, 0.2) is 12.4 Å². The predicted molar refractivity (Wildman–Crippen MR) is 105 cm³/mol. The van der Waals surface area contributed by atoms with Crippen molar-refractivity contribution in [1.29, 1.82) is 0 Å². The summed E-state index contributed by atoms with van der Waals surface area (Å²) in [4.78, 5) is 0. The zero-order valence-electron chi connectivity index (χ0n) is 16.4. The third kappa shape index (κ3) is 19.2. The number of aromatic nitrogens is 1. The lowest BCUT2D eigenvalue weighted by Crippen LogP contribution is -2.33. The van der Waals surface area contributed by atoms with Crippen LogP contribution in [0.1, 0.15) is 83.6 Å². The van der Waals surface area contributed by atoms with Crippen LogP contribution in [0, 0.1) is 0 Å². The Balaban J connectivity index is 0.00000101. The Morgan fingerprint density at radius 2 is 1.44 bits per heavy atom. The van der Waals surface area contributed by atoms with Crippen molar-refractivity contribution in [2.75, 3.05) is 6.26 Å². The molecule has 0 aliphatic rings. The van der Waals surface area contributed by atoms with Gasteiger partial charge in [-0.3, -0.25) is 4.55 Å². The molecule has 5 heteroatoms. The Kier molecular flexibility index (Phi) is 14.7. The van der Waals surface area contributed by atoms with Gasteiger partial charge in [-0.15, -0.1) is 0 Å². The minimum absolute atomic E-state index is 0.715. The second-order valence-electron chi connectivity index (χ2n) is 6.76. The SMILES string of the molecule is CCCCCCCCCCC[n+]1cccc(CCC)c1.CS(=O)(=O)O. The van der Waals surface area contributed by atoms with E-state index < -0.39 is 10.1 Å². The Labute approximate surface area is 155 Å². The molecule has 0 bridgehead atoms. The van der Waals surface area contributed by atoms with E-state index in [-0.39, 0.29) is 0 Å². The normalized spacial score (nSPS) is 11.0. The molecule has 1 aromatic heterocycles. The first-order chi connectivity index (χ1) is 11.9. The largest absolute Gasteiger partial charge is 0.286 e. The molecule has 25 heavy (non-hydrogen) atoms. The van der Waals surface area contributed by atoms with Crippen LogP contribution >= 0.6 is 0 Å². The molecule has 0 aliphatic carbocycles. The summed E-state index contributed by atoms with van der Waals surface area (Å²) in [6.07, 6.45) is 20.4. The summed E-state index contributed by atoms with van der Waals surface area (Å²) in [6, 6.07) is 4.44. The van der Waals surface area contributed by atoms with Gasteiger partial charge in [-0.05, 0) is 18.9 Å². The van der Waals surface area contributed by atoms with Gasteiger partial charge in [0, 0.05) is 18.1 Å². The molecule has 0 spiro atoms. The van der Waals surface area contributed by atoms with Gasteiger partial charge >= 0.3 is 0 Å². The Hall–Kier alpha value is -0.940. The van der Waals surface area contributed by atoms with Gasteiger partial charge in [0.05, 0.1) is 6.26 Å². The van der Waals surface area contributed by atoms with E-state index in [1.54, 1.807) is 0 Å².